The Bertz CT molecular complexity index is 510. The summed E-state index contributed by atoms with van der Waals surface area (Å²) < 4.78 is 22.7. The zero-order valence-corrected chi connectivity index (χ0v) is 11.9. The van der Waals surface area contributed by atoms with Gasteiger partial charge in [-0.05, 0) is 35.6 Å². The maximum atomic E-state index is 11.3. The highest BCUT2D eigenvalue weighted by atomic mass is 32.2. The molecule has 0 bridgehead atoms. The highest BCUT2D eigenvalue weighted by molar-refractivity contribution is 7.90. The first kappa shape index (κ1) is 14.9. The largest absolute Gasteiger partial charge is 0.392 e. The van der Waals surface area contributed by atoms with E-state index in [0.717, 1.165) is 17.6 Å². The quantitative estimate of drug-likeness (QED) is 0.892. The summed E-state index contributed by atoms with van der Waals surface area (Å²) in [7, 11) is -3.16. The van der Waals surface area contributed by atoms with Gasteiger partial charge in [-0.15, -0.1) is 0 Å². The Morgan fingerprint density at radius 1 is 1.28 bits per heavy atom. The van der Waals surface area contributed by atoms with Crippen molar-refractivity contribution in [1.82, 2.24) is 0 Å². The molecule has 1 aromatic rings. The van der Waals surface area contributed by atoms with E-state index < -0.39 is 9.84 Å². The molecule has 0 aliphatic heterocycles. The van der Waals surface area contributed by atoms with Crippen LogP contribution in [0.5, 0.6) is 0 Å². The molecule has 100 valence electrons. The number of benzene rings is 1. The summed E-state index contributed by atoms with van der Waals surface area (Å²) in [5, 5.41) is 9.33. The molecule has 1 N–H and O–H groups in total. The second-order valence-electron chi connectivity index (χ2n) is 4.81. The zero-order valence-electron chi connectivity index (χ0n) is 11.1. The van der Waals surface area contributed by atoms with Crippen LogP contribution in [0.3, 0.4) is 0 Å². The van der Waals surface area contributed by atoms with Gasteiger partial charge in [-0.2, -0.15) is 0 Å². The van der Waals surface area contributed by atoms with Crippen molar-refractivity contribution in [3.63, 3.8) is 0 Å². The first-order valence-electron chi connectivity index (χ1n) is 5.95. The van der Waals surface area contributed by atoms with Crippen LogP contribution in [0.1, 0.15) is 25.8 Å². The molecule has 0 aliphatic carbocycles. The Balaban J connectivity index is 2.99. The van der Waals surface area contributed by atoms with Gasteiger partial charge >= 0.3 is 0 Å². The second-order valence-corrected chi connectivity index (χ2v) is 6.83. The predicted molar refractivity (Wildman–Crippen MR) is 74.1 cm³/mol. The number of hydrogen-bond donors (Lipinski definition) is 1. The van der Waals surface area contributed by atoms with Crippen molar-refractivity contribution >= 4 is 15.4 Å². The number of rotatable bonds is 5. The first-order valence-corrected chi connectivity index (χ1v) is 7.84. The van der Waals surface area contributed by atoms with Gasteiger partial charge in [-0.25, -0.2) is 8.42 Å². The Kier molecular flexibility index (Phi) is 5.11. The van der Waals surface area contributed by atoms with E-state index in [9.17, 15) is 13.5 Å². The third kappa shape index (κ3) is 4.27. The van der Waals surface area contributed by atoms with Gasteiger partial charge in [0.1, 0.15) is 0 Å². The van der Waals surface area contributed by atoms with Crippen molar-refractivity contribution in [2.24, 2.45) is 5.92 Å². The molecule has 3 nitrogen and oxygen atoms in total. The van der Waals surface area contributed by atoms with Gasteiger partial charge in [-0.3, -0.25) is 0 Å². The molecule has 1 rings (SSSR count). The topological polar surface area (TPSA) is 54.4 Å². The molecule has 0 atom stereocenters. The molecule has 0 fully saturated rings. The van der Waals surface area contributed by atoms with Crippen molar-refractivity contribution in [2.45, 2.75) is 25.2 Å². The molecule has 4 heteroatoms. The molecule has 0 heterocycles. The lowest BCUT2D eigenvalue weighted by molar-refractivity contribution is 0.349. The van der Waals surface area contributed by atoms with Crippen LogP contribution in [0.25, 0.3) is 5.57 Å². The average Bonchev–Trinajstić information content (AvgIpc) is 2.29. The minimum absolute atomic E-state index is 0.0368. The van der Waals surface area contributed by atoms with Gasteiger partial charge < -0.3 is 5.11 Å². The van der Waals surface area contributed by atoms with Gasteiger partial charge in [0, 0.05) is 6.26 Å². The summed E-state index contributed by atoms with van der Waals surface area (Å²) in [5.41, 5.74) is 1.70. The Morgan fingerprint density at radius 2 is 1.83 bits per heavy atom. The average molecular weight is 268 g/mol. The minimum Gasteiger partial charge on any atom is -0.392 e. The zero-order chi connectivity index (χ0) is 13.8. The van der Waals surface area contributed by atoms with Gasteiger partial charge in [0.15, 0.2) is 9.84 Å². The van der Waals surface area contributed by atoms with Crippen molar-refractivity contribution in [2.75, 3.05) is 12.9 Å². The maximum Gasteiger partial charge on any atom is 0.175 e. The van der Waals surface area contributed by atoms with Crippen LogP contribution in [0, 0.1) is 5.92 Å². The molecule has 0 aromatic heterocycles. The van der Waals surface area contributed by atoms with E-state index in [4.69, 9.17) is 0 Å². The maximum absolute atomic E-state index is 11.3. The van der Waals surface area contributed by atoms with E-state index in [0.29, 0.717) is 10.8 Å². The van der Waals surface area contributed by atoms with Crippen molar-refractivity contribution in [1.29, 1.82) is 0 Å². The van der Waals surface area contributed by atoms with E-state index >= 15 is 0 Å². The van der Waals surface area contributed by atoms with Crippen LogP contribution < -0.4 is 0 Å². The van der Waals surface area contributed by atoms with Gasteiger partial charge in [0.2, 0.25) is 0 Å². The number of sulfone groups is 1. The van der Waals surface area contributed by atoms with Crippen LogP contribution in [0.4, 0.5) is 0 Å². The molecule has 0 unspecified atom stereocenters. The third-order valence-electron chi connectivity index (χ3n) is 2.66. The van der Waals surface area contributed by atoms with E-state index in [1.165, 1.54) is 6.26 Å². The van der Waals surface area contributed by atoms with E-state index in [1.807, 2.05) is 6.08 Å². The fraction of sp³-hybridized carbons (Fsp3) is 0.429. The fourth-order valence-electron chi connectivity index (χ4n) is 1.57. The van der Waals surface area contributed by atoms with Crippen molar-refractivity contribution in [3.8, 4) is 0 Å². The molecule has 0 saturated heterocycles. The van der Waals surface area contributed by atoms with Gasteiger partial charge in [0.05, 0.1) is 11.5 Å². The molecule has 18 heavy (non-hydrogen) atoms. The minimum atomic E-state index is -3.16. The summed E-state index contributed by atoms with van der Waals surface area (Å²) in [6.45, 7) is 4.18. The second kappa shape index (κ2) is 6.16. The number of aliphatic hydroxyl groups is 1. The fourth-order valence-corrected chi connectivity index (χ4v) is 2.20. The van der Waals surface area contributed by atoms with E-state index in [-0.39, 0.29) is 6.61 Å². The third-order valence-corrected chi connectivity index (χ3v) is 3.79. The van der Waals surface area contributed by atoms with Crippen molar-refractivity contribution < 1.29 is 13.5 Å². The molecule has 0 radical (unpaired) electrons. The van der Waals surface area contributed by atoms with Crippen molar-refractivity contribution in [3.05, 3.63) is 35.9 Å². The number of allylic oxidation sites excluding steroid dienone is 1. The first-order chi connectivity index (χ1) is 8.34. The highest BCUT2D eigenvalue weighted by Crippen LogP contribution is 2.18. The summed E-state index contributed by atoms with van der Waals surface area (Å²) in [6, 6.07) is 6.62. The predicted octanol–water partition coefficient (Wildman–Crippen LogP) is 2.51. The molecule has 0 amide bonds. The molecule has 0 spiro atoms. The van der Waals surface area contributed by atoms with Gasteiger partial charge in [-0.1, -0.05) is 32.1 Å². The Labute approximate surface area is 109 Å². The summed E-state index contributed by atoms with van der Waals surface area (Å²) in [4.78, 5) is 0.299. The monoisotopic (exact) mass is 268 g/mol. The molecule has 0 saturated carbocycles. The van der Waals surface area contributed by atoms with Gasteiger partial charge in [0.25, 0.3) is 0 Å². The van der Waals surface area contributed by atoms with E-state index in [2.05, 4.69) is 13.8 Å². The van der Waals surface area contributed by atoms with Crippen LogP contribution in [0.2, 0.25) is 0 Å². The summed E-state index contributed by atoms with van der Waals surface area (Å²) >= 11 is 0. The standard InChI is InChI=1S/C14H20O3S/c1-11(2)4-5-13(10-15)12-6-8-14(9-7-12)18(3,16)17/h5-9,11,15H,4,10H2,1-3H3. The van der Waals surface area contributed by atoms with E-state index in [1.54, 1.807) is 24.3 Å². The van der Waals surface area contributed by atoms with Crippen LogP contribution in [0.15, 0.2) is 35.2 Å². The normalized spacial score (nSPS) is 13.1. The summed E-state index contributed by atoms with van der Waals surface area (Å²) in [5.74, 6) is 0.529. The summed E-state index contributed by atoms with van der Waals surface area (Å²) in [6.07, 6.45) is 4.08. The Hall–Kier alpha value is -1.13. The van der Waals surface area contributed by atoms with Crippen LogP contribution in [-0.4, -0.2) is 26.4 Å². The lowest BCUT2D eigenvalue weighted by Crippen LogP contribution is -1.98. The Morgan fingerprint density at radius 3 is 2.22 bits per heavy atom. The number of aliphatic hydroxyl groups excluding tert-OH is 1. The van der Waals surface area contributed by atoms with Crippen LogP contribution in [-0.2, 0) is 9.84 Å². The molecule has 1 aromatic carbocycles. The molecular formula is C14H20O3S. The smallest absolute Gasteiger partial charge is 0.175 e. The SMILES string of the molecule is CC(C)CC=C(CO)c1ccc(S(C)(=O)=O)cc1. The molecular weight excluding hydrogens is 248 g/mol. The molecule has 0 aliphatic rings. The van der Waals surface area contributed by atoms with Crippen LogP contribution >= 0.6 is 0 Å². The number of hydrogen-bond acceptors (Lipinski definition) is 3. The highest BCUT2D eigenvalue weighted by Gasteiger charge is 2.07. The lowest BCUT2D eigenvalue weighted by Gasteiger charge is -2.07. The lowest BCUT2D eigenvalue weighted by atomic mass is 10.0.